The van der Waals surface area contributed by atoms with E-state index >= 15 is 0 Å². The van der Waals surface area contributed by atoms with E-state index in [1.165, 1.54) is 12.1 Å². The number of carbonyl (C=O) groups is 1. The number of nitrogens with zero attached hydrogens (tertiary/aromatic N) is 4. The average molecular weight is 383 g/mol. The van der Waals surface area contributed by atoms with Crippen LogP contribution in [0.2, 0.25) is 0 Å². The monoisotopic (exact) mass is 383 g/mol. The van der Waals surface area contributed by atoms with Crippen LogP contribution in [0.25, 0.3) is 11.3 Å². The van der Waals surface area contributed by atoms with Crippen LogP contribution in [0.5, 0.6) is 0 Å². The standard InChI is InChI=1S/C20H22FN5O2/c1-28-12-11-26-10-7-18(24-26)20(27)25-8-5-16-17(6-9-25)22-23-19(16)14-3-2-4-15(21)13-14/h2-4,7,10,13H,5-6,8-9,11-12H2,1H3,(H,22,23). The number of nitrogens with one attached hydrogen (secondary N) is 1. The minimum atomic E-state index is -0.288. The first kappa shape index (κ1) is 18.4. The van der Waals surface area contributed by atoms with Crippen molar-refractivity contribution in [1.29, 1.82) is 0 Å². The summed E-state index contributed by atoms with van der Waals surface area (Å²) in [7, 11) is 1.63. The van der Waals surface area contributed by atoms with Gasteiger partial charge < -0.3 is 9.64 Å². The predicted molar refractivity (Wildman–Crippen MR) is 101 cm³/mol. The molecule has 0 fully saturated rings. The molecule has 0 unspecified atom stereocenters. The second kappa shape index (κ2) is 7.93. The molecule has 0 saturated heterocycles. The van der Waals surface area contributed by atoms with Gasteiger partial charge in [0.1, 0.15) is 11.5 Å². The third-order valence-electron chi connectivity index (χ3n) is 4.99. The molecule has 0 radical (unpaired) electrons. The Hall–Kier alpha value is -3.00. The van der Waals surface area contributed by atoms with Crippen molar-refractivity contribution in [3.8, 4) is 11.3 Å². The largest absolute Gasteiger partial charge is 0.383 e. The molecule has 1 N–H and O–H groups in total. The van der Waals surface area contributed by atoms with Crippen LogP contribution in [0.4, 0.5) is 4.39 Å². The van der Waals surface area contributed by atoms with Crippen LogP contribution in [0, 0.1) is 5.82 Å². The number of carbonyl (C=O) groups excluding carboxylic acids is 1. The number of fused-ring (bicyclic) bond motifs is 1. The Morgan fingerprint density at radius 2 is 2.14 bits per heavy atom. The average Bonchev–Trinajstić information content (AvgIpc) is 3.28. The highest BCUT2D eigenvalue weighted by atomic mass is 19.1. The molecule has 1 aliphatic heterocycles. The summed E-state index contributed by atoms with van der Waals surface area (Å²) in [6.07, 6.45) is 3.13. The highest BCUT2D eigenvalue weighted by molar-refractivity contribution is 5.92. The molecule has 2 aromatic heterocycles. The van der Waals surface area contributed by atoms with Gasteiger partial charge in [0.05, 0.1) is 18.8 Å². The molecule has 1 aliphatic rings. The number of halogens is 1. The summed E-state index contributed by atoms with van der Waals surface area (Å²) in [5, 5.41) is 11.8. The molecule has 146 valence electrons. The van der Waals surface area contributed by atoms with Crippen LogP contribution >= 0.6 is 0 Å². The molecule has 0 bridgehead atoms. The van der Waals surface area contributed by atoms with E-state index in [0.29, 0.717) is 44.8 Å². The molecule has 3 heterocycles. The van der Waals surface area contributed by atoms with Crippen LogP contribution in [0.1, 0.15) is 21.7 Å². The van der Waals surface area contributed by atoms with Crippen molar-refractivity contribution in [2.75, 3.05) is 26.8 Å². The second-order valence-electron chi connectivity index (χ2n) is 6.79. The smallest absolute Gasteiger partial charge is 0.274 e. The highest BCUT2D eigenvalue weighted by Crippen LogP contribution is 2.27. The first-order chi connectivity index (χ1) is 13.7. The van der Waals surface area contributed by atoms with E-state index in [4.69, 9.17) is 4.74 Å². The first-order valence-corrected chi connectivity index (χ1v) is 9.29. The Kier molecular flexibility index (Phi) is 5.21. The molecule has 1 aromatic carbocycles. The molecule has 8 heteroatoms. The maximum Gasteiger partial charge on any atom is 0.274 e. The summed E-state index contributed by atoms with van der Waals surface area (Å²) in [5.41, 5.74) is 3.98. The topological polar surface area (TPSA) is 76.0 Å². The zero-order chi connectivity index (χ0) is 19.5. The molecule has 3 aromatic rings. The van der Waals surface area contributed by atoms with Crippen molar-refractivity contribution in [3.05, 3.63) is 59.3 Å². The number of H-pyrrole nitrogens is 1. The normalized spacial score (nSPS) is 14.0. The van der Waals surface area contributed by atoms with Crippen molar-refractivity contribution in [2.45, 2.75) is 19.4 Å². The Bertz CT molecular complexity index is 981. The third-order valence-corrected chi connectivity index (χ3v) is 4.99. The van der Waals surface area contributed by atoms with Crippen molar-refractivity contribution in [3.63, 3.8) is 0 Å². The maximum absolute atomic E-state index is 13.6. The van der Waals surface area contributed by atoms with E-state index in [1.807, 2.05) is 11.0 Å². The van der Waals surface area contributed by atoms with Gasteiger partial charge in [0, 0.05) is 49.6 Å². The molecule has 7 nitrogen and oxygen atoms in total. The number of aromatic amines is 1. The Balaban J connectivity index is 1.49. The van der Waals surface area contributed by atoms with Crippen LogP contribution in [-0.2, 0) is 24.1 Å². The van der Waals surface area contributed by atoms with E-state index in [9.17, 15) is 9.18 Å². The number of aromatic nitrogens is 4. The van der Waals surface area contributed by atoms with Crippen molar-refractivity contribution >= 4 is 5.91 Å². The number of rotatable bonds is 5. The van der Waals surface area contributed by atoms with Gasteiger partial charge in [0.15, 0.2) is 0 Å². The molecule has 0 atom stereocenters. The van der Waals surface area contributed by atoms with E-state index < -0.39 is 0 Å². The predicted octanol–water partition coefficient (Wildman–Crippen LogP) is 2.30. The highest BCUT2D eigenvalue weighted by Gasteiger charge is 2.25. The molecule has 0 spiro atoms. The summed E-state index contributed by atoms with van der Waals surface area (Å²) >= 11 is 0. The Morgan fingerprint density at radius 3 is 2.96 bits per heavy atom. The Morgan fingerprint density at radius 1 is 1.29 bits per heavy atom. The molecular weight excluding hydrogens is 361 g/mol. The van der Waals surface area contributed by atoms with Gasteiger partial charge in [-0.05, 0) is 24.6 Å². The number of amides is 1. The zero-order valence-corrected chi connectivity index (χ0v) is 15.7. The first-order valence-electron chi connectivity index (χ1n) is 9.29. The van der Waals surface area contributed by atoms with Gasteiger partial charge in [0.2, 0.25) is 0 Å². The summed E-state index contributed by atoms with van der Waals surface area (Å²) in [5.74, 6) is -0.370. The number of ether oxygens (including phenoxy) is 1. The van der Waals surface area contributed by atoms with Gasteiger partial charge in [-0.1, -0.05) is 12.1 Å². The third kappa shape index (κ3) is 3.68. The van der Waals surface area contributed by atoms with Crippen molar-refractivity contribution < 1.29 is 13.9 Å². The number of methoxy groups -OCH3 is 1. The summed E-state index contributed by atoms with van der Waals surface area (Å²) in [6.45, 7) is 2.31. The van der Waals surface area contributed by atoms with Gasteiger partial charge in [-0.2, -0.15) is 10.2 Å². The van der Waals surface area contributed by atoms with E-state index in [0.717, 1.165) is 22.5 Å². The fourth-order valence-electron chi connectivity index (χ4n) is 3.51. The molecule has 0 saturated carbocycles. The SMILES string of the molecule is COCCn1ccc(C(=O)N2CCc3[nH]nc(-c4cccc(F)c4)c3CC2)n1. The number of benzene rings is 1. The van der Waals surface area contributed by atoms with Crippen molar-refractivity contribution in [2.24, 2.45) is 0 Å². The van der Waals surface area contributed by atoms with E-state index in [1.54, 1.807) is 30.1 Å². The summed E-state index contributed by atoms with van der Waals surface area (Å²) < 4.78 is 20.4. The molecule has 4 rings (SSSR count). The lowest BCUT2D eigenvalue weighted by atomic mass is 10.0. The fraction of sp³-hybridized carbons (Fsp3) is 0.350. The van der Waals surface area contributed by atoms with Crippen LogP contribution in [-0.4, -0.2) is 57.6 Å². The lowest BCUT2D eigenvalue weighted by Gasteiger charge is -2.19. The molecule has 0 aliphatic carbocycles. The fourth-order valence-corrected chi connectivity index (χ4v) is 3.51. The molecule has 28 heavy (non-hydrogen) atoms. The van der Waals surface area contributed by atoms with E-state index in [-0.39, 0.29) is 11.7 Å². The Labute approximate surface area is 162 Å². The van der Waals surface area contributed by atoms with Gasteiger partial charge in [-0.15, -0.1) is 0 Å². The van der Waals surface area contributed by atoms with Gasteiger partial charge in [0.25, 0.3) is 5.91 Å². The number of hydrogen-bond donors (Lipinski definition) is 1. The second-order valence-corrected chi connectivity index (χ2v) is 6.79. The molecular formula is C20H22FN5O2. The van der Waals surface area contributed by atoms with Gasteiger partial charge in [-0.3, -0.25) is 14.6 Å². The zero-order valence-electron chi connectivity index (χ0n) is 15.7. The quantitative estimate of drug-likeness (QED) is 0.734. The summed E-state index contributed by atoms with van der Waals surface area (Å²) in [6, 6.07) is 8.16. The van der Waals surface area contributed by atoms with Crippen LogP contribution in [0.3, 0.4) is 0 Å². The van der Waals surface area contributed by atoms with Crippen molar-refractivity contribution in [1.82, 2.24) is 24.9 Å². The molecule has 1 amide bonds. The summed E-state index contributed by atoms with van der Waals surface area (Å²) in [4.78, 5) is 14.7. The number of hydrogen-bond acceptors (Lipinski definition) is 4. The van der Waals surface area contributed by atoms with Gasteiger partial charge >= 0.3 is 0 Å². The lowest BCUT2D eigenvalue weighted by Crippen LogP contribution is -2.33. The minimum absolute atomic E-state index is 0.0819. The van der Waals surface area contributed by atoms with E-state index in [2.05, 4.69) is 15.3 Å². The maximum atomic E-state index is 13.6. The lowest BCUT2D eigenvalue weighted by molar-refractivity contribution is 0.0755. The van der Waals surface area contributed by atoms with Crippen LogP contribution in [0.15, 0.2) is 36.5 Å². The van der Waals surface area contributed by atoms with Gasteiger partial charge in [-0.25, -0.2) is 4.39 Å². The minimum Gasteiger partial charge on any atom is -0.383 e. The van der Waals surface area contributed by atoms with Crippen LogP contribution < -0.4 is 0 Å².